The van der Waals surface area contributed by atoms with Crippen LogP contribution >= 0.6 is 0 Å². The summed E-state index contributed by atoms with van der Waals surface area (Å²) in [6.45, 7) is 3.56. The van der Waals surface area contributed by atoms with Gasteiger partial charge in [-0.15, -0.1) is 0 Å². The van der Waals surface area contributed by atoms with Crippen LogP contribution in [0.1, 0.15) is 27.2 Å². The van der Waals surface area contributed by atoms with Crippen molar-refractivity contribution < 1.29 is 9.59 Å². The lowest BCUT2D eigenvalue weighted by molar-refractivity contribution is -0.112. The Labute approximate surface area is 155 Å². The Morgan fingerprint density at radius 2 is 1.67 bits per heavy atom. The van der Waals surface area contributed by atoms with Gasteiger partial charge in [0, 0.05) is 11.3 Å². The first kappa shape index (κ1) is 16.8. The van der Waals surface area contributed by atoms with E-state index in [0.717, 1.165) is 5.56 Å². The van der Waals surface area contributed by atoms with E-state index in [1.165, 1.54) is 10.8 Å². The summed E-state index contributed by atoms with van der Waals surface area (Å²) in [5, 5.41) is 5.75. The van der Waals surface area contributed by atoms with Gasteiger partial charge in [0.25, 0.3) is 11.5 Å². The fourth-order valence-corrected chi connectivity index (χ4v) is 3.22. The second-order valence-electron chi connectivity index (χ2n) is 6.47. The van der Waals surface area contributed by atoms with Crippen LogP contribution in [0.25, 0.3) is 11.8 Å². The highest BCUT2D eigenvalue weighted by Crippen LogP contribution is 2.29. The van der Waals surface area contributed by atoms with E-state index in [4.69, 9.17) is 0 Å². The second kappa shape index (κ2) is 6.25. The molecule has 0 fully saturated rings. The average molecular weight is 359 g/mol. The zero-order valence-corrected chi connectivity index (χ0v) is 14.9. The van der Waals surface area contributed by atoms with Gasteiger partial charge in [-0.25, -0.2) is 4.68 Å². The maximum Gasteiger partial charge on any atom is 0.278 e. The van der Waals surface area contributed by atoms with Crippen molar-refractivity contribution in [3.8, 4) is 5.69 Å². The molecule has 0 bridgehead atoms. The number of hydrogen-bond acceptors (Lipinski definition) is 3. The number of anilines is 1. The standard InChI is InChI=1S/C21H17N3O3/c1-12-7-6-10-15-18(12)22-20(26)17(19(15)25)11-16-13(2)23-24(21(16)27)14-8-4-3-5-9-14/h3-11,23H,1-2H3,(H,22,26). The SMILES string of the molecule is Cc1cccc2c1NC(=O)C(=Cc1c(C)[nH]n(-c3ccccc3)c1=O)C2=O. The van der Waals surface area contributed by atoms with Crippen molar-refractivity contribution in [1.29, 1.82) is 0 Å². The molecule has 2 heterocycles. The summed E-state index contributed by atoms with van der Waals surface area (Å²) in [7, 11) is 0. The van der Waals surface area contributed by atoms with Crippen LogP contribution in [0.5, 0.6) is 0 Å². The topological polar surface area (TPSA) is 84.0 Å². The molecule has 134 valence electrons. The number of carbonyl (C=O) groups is 2. The first-order valence-electron chi connectivity index (χ1n) is 8.52. The highest BCUT2D eigenvalue weighted by molar-refractivity contribution is 6.36. The maximum atomic E-state index is 12.8. The third-order valence-corrected chi connectivity index (χ3v) is 4.67. The van der Waals surface area contributed by atoms with E-state index in [9.17, 15) is 14.4 Å². The fraction of sp³-hybridized carbons (Fsp3) is 0.0952. The van der Waals surface area contributed by atoms with Crippen molar-refractivity contribution >= 4 is 23.5 Å². The number of carbonyl (C=O) groups excluding carboxylic acids is 2. The van der Waals surface area contributed by atoms with Crippen molar-refractivity contribution in [2.75, 3.05) is 5.32 Å². The number of aromatic amines is 1. The molecule has 4 rings (SSSR count). The summed E-state index contributed by atoms with van der Waals surface area (Å²) in [6.07, 6.45) is 1.37. The van der Waals surface area contributed by atoms with Crippen LogP contribution < -0.4 is 10.9 Å². The number of benzene rings is 2. The summed E-state index contributed by atoms with van der Waals surface area (Å²) >= 11 is 0. The number of aryl methyl sites for hydroxylation is 2. The van der Waals surface area contributed by atoms with E-state index in [1.807, 2.05) is 31.2 Å². The number of aromatic nitrogens is 2. The number of ketones is 1. The maximum absolute atomic E-state index is 12.8. The molecule has 2 aromatic carbocycles. The number of nitrogens with one attached hydrogen (secondary N) is 2. The van der Waals surface area contributed by atoms with Crippen molar-refractivity contribution in [2.24, 2.45) is 0 Å². The van der Waals surface area contributed by atoms with Crippen molar-refractivity contribution in [2.45, 2.75) is 13.8 Å². The Kier molecular flexibility index (Phi) is 3.88. The third-order valence-electron chi connectivity index (χ3n) is 4.67. The van der Waals surface area contributed by atoms with Crippen LogP contribution in [-0.2, 0) is 4.79 Å². The molecule has 0 radical (unpaired) electrons. The average Bonchev–Trinajstić information content (AvgIpc) is 2.94. The molecular weight excluding hydrogens is 342 g/mol. The molecule has 0 unspecified atom stereocenters. The lowest BCUT2D eigenvalue weighted by Gasteiger charge is -2.19. The lowest BCUT2D eigenvalue weighted by Crippen LogP contribution is -2.28. The number of fused-ring (bicyclic) bond motifs is 1. The van der Waals surface area contributed by atoms with Gasteiger partial charge in [0.15, 0.2) is 0 Å². The number of hydrogen-bond donors (Lipinski definition) is 2. The first-order chi connectivity index (χ1) is 13.0. The van der Waals surface area contributed by atoms with Gasteiger partial charge >= 0.3 is 0 Å². The number of H-pyrrole nitrogens is 1. The Morgan fingerprint density at radius 1 is 0.926 bits per heavy atom. The van der Waals surface area contributed by atoms with Gasteiger partial charge in [-0.05, 0) is 43.7 Å². The molecule has 2 N–H and O–H groups in total. The summed E-state index contributed by atoms with van der Waals surface area (Å²) in [4.78, 5) is 38.2. The molecule has 1 aromatic heterocycles. The van der Waals surface area contributed by atoms with Gasteiger partial charge in [0.05, 0.1) is 22.5 Å². The van der Waals surface area contributed by atoms with Crippen molar-refractivity contribution in [1.82, 2.24) is 9.78 Å². The molecule has 27 heavy (non-hydrogen) atoms. The molecule has 3 aromatic rings. The van der Waals surface area contributed by atoms with Gasteiger partial charge in [-0.1, -0.05) is 30.3 Å². The molecule has 0 saturated carbocycles. The molecule has 0 saturated heterocycles. The summed E-state index contributed by atoms with van der Waals surface area (Å²) in [5.74, 6) is -0.892. The number of Topliss-reactive ketones (excluding diaryl/α,β-unsaturated/α-hetero) is 1. The quantitative estimate of drug-likeness (QED) is 0.545. The summed E-state index contributed by atoms with van der Waals surface area (Å²) < 4.78 is 1.39. The van der Waals surface area contributed by atoms with Gasteiger partial charge in [-0.3, -0.25) is 19.5 Å². The van der Waals surface area contributed by atoms with Gasteiger partial charge in [0.1, 0.15) is 0 Å². The van der Waals surface area contributed by atoms with Crippen LogP contribution in [0, 0.1) is 13.8 Å². The Hall–Kier alpha value is -3.67. The minimum absolute atomic E-state index is 0.0486. The zero-order chi connectivity index (χ0) is 19.1. The van der Waals surface area contributed by atoms with Crippen molar-refractivity contribution in [3.63, 3.8) is 0 Å². The van der Waals surface area contributed by atoms with E-state index >= 15 is 0 Å². The van der Waals surface area contributed by atoms with Crippen LogP contribution in [0.3, 0.4) is 0 Å². The minimum Gasteiger partial charge on any atom is -0.321 e. The zero-order valence-electron chi connectivity index (χ0n) is 14.9. The number of rotatable bonds is 2. The highest BCUT2D eigenvalue weighted by Gasteiger charge is 2.30. The Bertz CT molecular complexity index is 1170. The molecule has 1 amide bonds. The van der Waals surface area contributed by atoms with Crippen LogP contribution in [0.4, 0.5) is 5.69 Å². The van der Waals surface area contributed by atoms with E-state index in [2.05, 4.69) is 10.4 Å². The van der Waals surface area contributed by atoms with Crippen molar-refractivity contribution in [3.05, 3.63) is 86.8 Å². The first-order valence-corrected chi connectivity index (χ1v) is 8.52. The monoisotopic (exact) mass is 359 g/mol. The molecule has 1 aliphatic rings. The van der Waals surface area contributed by atoms with E-state index < -0.39 is 5.91 Å². The molecule has 0 atom stereocenters. The third kappa shape index (κ3) is 2.71. The van der Waals surface area contributed by atoms with Crippen LogP contribution in [0.2, 0.25) is 0 Å². The highest BCUT2D eigenvalue weighted by atomic mass is 16.2. The molecule has 1 aliphatic heterocycles. The molecule has 6 heteroatoms. The fourth-order valence-electron chi connectivity index (χ4n) is 3.22. The van der Waals surface area contributed by atoms with Crippen LogP contribution in [-0.4, -0.2) is 21.5 Å². The number of para-hydroxylation sites is 2. The van der Waals surface area contributed by atoms with E-state index in [1.54, 1.807) is 31.2 Å². The number of amides is 1. The Balaban J connectivity index is 1.83. The molecule has 0 spiro atoms. The molecule has 6 nitrogen and oxygen atoms in total. The van der Waals surface area contributed by atoms with E-state index in [0.29, 0.717) is 22.6 Å². The van der Waals surface area contributed by atoms with Gasteiger partial charge in [0.2, 0.25) is 5.78 Å². The molecule has 0 aliphatic carbocycles. The largest absolute Gasteiger partial charge is 0.321 e. The number of nitrogens with zero attached hydrogens (tertiary/aromatic N) is 1. The lowest BCUT2D eigenvalue weighted by atomic mass is 9.93. The molecular formula is C21H17N3O3. The van der Waals surface area contributed by atoms with Crippen LogP contribution in [0.15, 0.2) is 58.9 Å². The summed E-state index contributed by atoms with van der Waals surface area (Å²) in [5.41, 5.74) is 2.94. The van der Waals surface area contributed by atoms with Gasteiger partial charge < -0.3 is 5.32 Å². The van der Waals surface area contributed by atoms with E-state index in [-0.39, 0.29) is 22.5 Å². The predicted octanol–water partition coefficient (Wildman–Crippen LogP) is 3.00. The normalized spacial score (nSPS) is 15.0. The van der Waals surface area contributed by atoms with Gasteiger partial charge in [-0.2, -0.15) is 0 Å². The minimum atomic E-state index is -0.506. The Morgan fingerprint density at radius 3 is 2.41 bits per heavy atom. The predicted molar refractivity (Wildman–Crippen MR) is 103 cm³/mol. The second-order valence-corrected chi connectivity index (χ2v) is 6.47. The summed E-state index contributed by atoms with van der Waals surface area (Å²) in [6, 6.07) is 14.4. The smallest absolute Gasteiger partial charge is 0.278 e.